The third kappa shape index (κ3) is 5.18. The van der Waals surface area contributed by atoms with Crippen molar-refractivity contribution in [1.82, 2.24) is 15.1 Å². The zero-order chi connectivity index (χ0) is 22.5. The lowest BCUT2D eigenvalue weighted by molar-refractivity contribution is 0.0225. The first-order chi connectivity index (χ1) is 15.6. The van der Waals surface area contributed by atoms with Crippen LogP contribution in [0.25, 0.3) is 11.3 Å². The fourth-order valence-corrected chi connectivity index (χ4v) is 4.64. The summed E-state index contributed by atoms with van der Waals surface area (Å²) in [5.41, 5.74) is 3.66. The molecule has 2 heterocycles. The topological polar surface area (TPSA) is 59.5 Å². The average molecular weight is 447 g/mol. The molecule has 32 heavy (non-hydrogen) atoms. The molecule has 1 aliphatic carbocycles. The van der Waals surface area contributed by atoms with Crippen LogP contribution in [0.1, 0.15) is 55.7 Å². The van der Waals surface area contributed by atoms with Crippen molar-refractivity contribution in [3.63, 3.8) is 0 Å². The lowest BCUT2D eigenvalue weighted by atomic mass is 9.88. The predicted octanol–water partition coefficient (Wildman–Crippen LogP) is 4.84. The standard InChI is InChI=1S/C24H32F2N4O2/c1-3-31-15-32-21-13-16(23(25)26)10-11-20(21)22-18-8-4-5-9-19(18)24(29-28-22)27-17-7-6-12-30(2)14-17/h10-11,13,17,23H,3-9,12,14-15H2,1-2H3,(H,27,29)/t17-/m1/s1. The van der Waals surface area contributed by atoms with Gasteiger partial charge in [-0.2, -0.15) is 0 Å². The lowest BCUT2D eigenvalue weighted by Gasteiger charge is -2.31. The minimum Gasteiger partial charge on any atom is -0.467 e. The summed E-state index contributed by atoms with van der Waals surface area (Å²) in [7, 11) is 2.14. The number of rotatable bonds is 8. The Morgan fingerprint density at radius 2 is 1.97 bits per heavy atom. The van der Waals surface area contributed by atoms with E-state index in [1.807, 2.05) is 6.92 Å². The Bertz CT molecular complexity index is 925. The monoisotopic (exact) mass is 446 g/mol. The van der Waals surface area contributed by atoms with E-state index in [1.54, 1.807) is 6.07 Å². The van der Waals surface area contributed by atoms with Crippen LogP contribution < -0.4 is 10.1 Å². The van der Waals surface area contributed by atoms with Gasteiger partial charge in [-0.1, -0.05) is 6.07 Å². The Balaban J connectivity index is 1.69. The normalized spacial score (nSPS) is 19.1. The van der Waals surface area contributed by atoms with Crippen molar-refractivity contribution in [1.29, 1.82) is 0 Å². The second-order valence-corrected chi connectivity index (χ2v) is 8.62. The van der Waals surface area contributed by atoms with Crippen LogP contribution in [-0.4, -0.2) is 54.7 Å². The molecule has 174 valence electrons. The summed E-state index contributed by atoms with van der Waals surface area (Å²) in [4.78, 5) is 2.34. The first-order valence-electron chi connectivity index (χ1n) is 11.5. The van der Waals surface area contributed by atoms with Crippen LogP contribution in [0, 0.1) is 0 Å². The molecule has 2 aliphatic rings. The van der Waals surface area contributed by atoms with Gasteiger partial charge in [-0.3, -0.25) is 0 Å². The van der Waals surface area contributed by atoms with Crippen LogP contribution in [0.4, 0.5) is 14.6 Å². The number of likely N-dealkylation sites (tertiary alicyclic amines) is 1. The molecule has 0 spiro atoms. The number of hydrogen-bond donors (Lipinski definition) is 1. The van der Waals surface area contributed by atoms with Gasteiger partial charge in [0.25, 0.3) is 6.43 Å². The molecule has 4 rings (SSSR count). The third-order valence-corrected chi connectivity index (χ3v) is 6.27. The molecule has 0 amide bonds. The van der Waals surface area contributed by atoms with E-state index in [9.17, 15) is 8.78 Å². The van der Waals surface area contributed by atoms with E-state index in [2.05, 4.69) is 27.5 Å². The molecular formula is C24H32F2N4O2. The lowest BCUT2D eigenvalue weighted by Crippen LogP contribution is -2.40. The van der Waals surface area contributed by atoms with Crippen molar-refractivity contribution in [2.24, 2.45) is 0 Å². The first kappa shape index (κ1) is 22.9. The summed E-state index contributed by atoms with van der Waals surface area (Å²) in [6.07, 6.45) is 3.72. The van der Waals surface area contributed by atoms with Crippen LogP contribution in [0.5, 0.6) is 5.75 Å². The van der Waals surface area contributed by atoms with Gasteiger partial charge in [0.15, 0.2) is 12.6 Å². The van der Waals surface area contributed by atoms with Crippen LogP contribution in [0.2, 0.25) is 0 Å². The largest absolute Gasteiger partial charge is 0.467 e. The molecule has 0 radical (unpaired) electrons. The van der Waals surface area contributed by atoms with Crippen molar-refractivity contribution in [3.05, 3.63) is 34.9 Å². The predicted molar refractivity (Wildman–Crippen MR) is 120 cm³/mol. The summed E-state index contributed by atoms with van der Waals surface area (Å²) in [5, 5.41) is 12.8. The molecule has 0 bridgehead atoms. The minimum absolute atomic E-state index is 0.000642. The van der Waals surface area contributed by atoms with Gasteiger partial charge in [0.05, 0.1) is 0 Å². The molecular weight excluding hydrogens is 414 g/mol. The number of alkyl halides is 2. The summed E-state index contributed by atoms with van der Waals surface area (Å²) in [5.74, 6) is 1.22. The highest BCUT2D eigenvalue weighted by Crippen LogP contribution is 2.39. The maximum Gasteiger partial charge on any atom is 0.263 e. The molecule has 6 nitrogen and oxygen atoms in total. The molecule has 1 atom stereocenters. The van der Waals surface area contributed by atoms with Crippen molar-refractivity contribution >= 4 is 5.82 Å². The summed E-state index contributed by atoms with van der Waals surface area (Å²) >= 11 is 0. The Morgan fingerprint density at radius 3 is 2.72 bits per heavy atom. The Morgan fingerprint density at radius 1 is 1.16 bits per heavy atom. The highest BCUT2D eigenvalue weighted by Gasteiger charge is 2.25. The quantitative estimate of drug-likeness (QED) is 0.463. The van der Waals surface area contributed by atoms with Crippen LogP contribution in [0.15, 0.2) is 18.2 Å². The van der Waals surface area contributed by atoms with Gasteiger partial charge >= 0.3 is 0 Å². The number of anilines is 1. The Labute approximate surface area is 188 Å². The van der Waals surface area contributed by atoms with Gasteiger partial charge in [0.1, 0.15) is 11.4 Å². The number of piperidine rings is 1. The van der Waals surface area contributed by atoms with Crippen molar-refractivity contribution in [2.45, 2.75) is 57.9 Å². The SMILES string of the molecule is CCOCOc1cc(C(F)F)ccc1-c1nnc(N[C@@H]2CCCN(C)C2)c2c1CCCC2. The molecule has 1 fully saturated rings. The van der Waals surface area contributed by atoms with E-state index in [4.69, 9.17) is 9.47 Å². The van der Waals surface area contributed by atoms with Gasteiger partial charge in [-0.05, 0) is 76.7 Å². The number of nitrogens with zero attached hydrogens (tertiary/aromatic N) is 3. The van der Waals surface area contributed by atoms with Gasteiger partial charge in [-0.15, -0.1) is 10.2 Å². The summed E-state index contributed by atoms with van der Waals surface area (Å²) < 4.78 is 37.7. The molecule has 1 N–H and O–H groups in total. The van der Waals surface area contributed by atoms with E-state index in [-0.39, 0.29) is 12.4 Å². The maximum absolute atomic E-state index is 13.3. The maximum atomic E-state index is 13.3. The van der Waals surface area contributed by atoms with Gasteiger partial charge in [0.2, 0.25) is 0 Å². The minimum atomic E-state index is -2.57. The number of hydrogen-bond acceptors (Lipinski definition) is 6. The number of fused-ring (bicyclic) bond motifs is 1. The molecule has 0 saturated carbocycles. The zero-order valence-corrected chi connectivity index (χ0v) is 18.9. The van der Waals surface area contributed by atoms with Crippen molar-refractivity contribution in [3.8, 4) is 17.0 Å². The second-order valence-electron chi connectivity index (χ2n) is 8.62. The second kappa shape index (κ2) is 10.5. The molecule has 8 heteroatoms. The van der Waals surface area contributed by atoms with Crippen LogP contribution >= 0.6 is 0 Å². The van der Waals surface area contributed by atoms with E-state index >= 15 is 0 Å². The smallest absolute Gasteiger partial charge is 0.263 e. The summed E-state index contributed by atoms with van der Waals surface area (Å²) in [6, 6.07) is 4.86. The molecule has 0 unspecified atom stereocenters. The van der Waals surface area contributed by atoms with Crippen molar-refractivity contribution in [2.75, 3.05) is 38.9 Å². The highest BCUT2D eigenvalue weighted by atomic mass is 19.3. The molecule has 1 aliphatic heterocycles. The number of benzene rings is 1. The summed E-state index contributed by atoms with van der Waals surface area (Å²) in [6.45, 7) is 4.46. The molecule has 1 aromatic heterocycles. The number of aromatic nitrogens is 2. The number of ether oxygens (including phenoxy) is 2. The van der Waals surface area contributed by atoms with E-state index in [1.165, 1.54) is 24.1 Å². The number of halogens is 2. The number of likely N-dealkylation sites (N-methyl/N-ethyl adjacent to an activating group) is 1. The molecule has 1 aromatic carbocycles. The fourth-order valence-electron chi connectivity index (χ4n) is 4.64. The van der Waals surface area contributed by atoms with E-state index < -0.39 is 6.43 Å². The van der Waals surface area contributed by atoms with Crippen molar-refractivity contribution < 1.29 is 18.3 Å². The molecule has 1 saturated heterocycles. The van der Waals surface area contributed by atoms with Crippen LogP contribution in [0.3, 0.4) is 0 Å². The third-order valence-electron chi connectivity index (χ3n) is 6.27. The Kier molecular flexibility index (Phi) is 7.52. The Hall–Kier alpha value is -2.32. The fraction of sp³-hybridized carbons (Fsp3) is 0.583. The van der Waals surface area contributed by atoms with E-state index in [0.29, 0.717) is 24.0 Å². The van der Waals surface area contributed by atoms with Gasteiger partial charge < -0.3 is 19.7 Å². The van der Waals surface area contributed by atoms with E-state index in [0.717, 1.165) is 62.3 Å². The van der Waals surface area contributed by atoms with Gasteiger partial charge in [-0.25, -0.2) is 8.78 Å². The zero-order valence-electron chi connectivity index (χ0n) is 18.9. The van der Waals surface area contributed by atoms with Crippen LogP contribution in [-0.2, 0) is 17.6 Å². The first-order valence-corrected chi connectivity index (χ1v) is 11.5. The molecule has 2 aromatic rings. The average Bonchev–Trinajstić information content (AvgIpc) is 2.80. The van der Waals surface area contributed by atoms with Gasteiger partial charge in [0, 0.05) is 35.9 Å². The highest BCUT2D eigenvalue weighted by molar-refractivity contribution is 5.73. The number of nitrogens with one attached hydrogen (secondary N) is 1.